The number of ether oxygens (including phenoxy) is 3. The summed E-state index contributed by atoms with van der Waals surface area (Å²) >= 11 is 0. The smallest absolute Gasteiger partial charge is 0.331 e. The van der Waals surface area contributed by atoms with E-state index in [9.17, 15) is 4.79 Å². The molecular weight excluding hydrogens is 304 g/mol. The van der Waals surface area contributed by atoms with Crippen molar-refractivity contribution in [3.8, 4) is 17.2 Å². The molecule has 0 heterocycles. The van der Waals surface area contributed by atoms with E-state index < -0.39 is 0 Å². The first kappa shape index (κ1) is 17.6. The lowest BCUT2D eigenvalue weighted by atomic mass is 10.3. The van der Waals surface area contributed by atoms with Gasteiger partial charge in [0.05, 0.1) is 6.10 Å². The predicted molar refractivity (Wildman–Crippen MR) is 93.4 cm³/mol. The Morgan fingerprint density at radius 2 is 1.54 bits per heavy atom. The van der Waals surface area contributed by atoms with Crippen molar-refractivity contribution in [2.45, 2.75) is 26.9 Å². The molecule has 126 valence electrons. The van der Waals surface area contributed by atoms with Gasteiger partial charge in [-0.15, -0.1) is 0 Å². The van der Waals surface area contributed by atoms with Gasteiger partial charge in [0.15, 0.2) is 0 Å². The first-order valence-electron chi connectivity index (χ1n) is 7.86. The third-order valence-corrected chi connectivity index (χ3v) is 2.99. The molecule has 0 saturated heterocycles. The molecule has 2 rings (SSSR count). The molecule has 0 saturated carbocycles. The van der Waals surface area contributed by atoms with Crippen LogP contribution in [-0.2, 0) is 9.53 Å². The summed E-state index contributed by atoms with van der Waals surface area (Å²) in [7, 11) is 0. The largest absolute Gasteiger partial charge is 0.489 e. The zero-order valence-electron chi connectivity index (χ0n) is 14.2. The topological polar surface area (TPSA) is 44.8 Å². The molecule has 0 amide bonds. The number of rotatable bonds is 7. The summed E-state index contributed by atoms with van der Waals surface area (Å²) in [4.78, 5) is 11.5. The van der Waals surface area contributed by atoms with Gasteiger partial charge < -0.3 is 14.2 Å². The van der Waals surface area contributed by atoms with Crippen LogP contribution in [0.1, 0.15) is 20.8 Å². The lowest BCUT2D eigenvalue weighted by Crippen LogP contribution is -2.10. The van der Waals surface area contributed by atoms with Gasteiger partial charge in [0.25, 0.3) is 0 Å². The molecule has 0 bridgehead atoms. The second-order valence-corrected chi connectivity index (χ2v) is 5.65. The van der Waals surface area contributed by atoms with Crippen molar-refractivity contribution in [1.29, 1.82) is 0 Å². The third kappa shape index (κ3) is 6.16. The van der Waals surface area contributed by atoms with E-state index in [2.05, 4.69) is 0 Å². The van der Waals surface area contributed by atoms with Gasteiger partial charge in [0, 0.05) is 6.08 Å². The number of hydrogen-bond acceptors (Lipinski definition) is 4. The van der Waals surface area contributed by atoms with E-state index >= 15 is 0 Å². The van der Waals surface area contributed by atoms with Gasteiger partial charge >= 0.3 is 5.97 Å². The van der Waals surface area contributed by atoms with Gasteiger partial charge in [0.2, 0.25) is 0 Å². The maximum atomic E-state index is 11.5. The summed E-state index contributed by atoms with van der Waals surface area (Å²) < 4.78 is 16.4. The van der Waals surface area contributed by atoms with Crippen LogP contribution in [0.25, 0.3) is 0 Å². The number of benzene rings is 2. The minimum absolute atomic E-state index is 0.125. The molecule has 0 aliphatic carbocycles. The van der Waals surface area contributed by atoms with Crippen molar-refractivity contribution < 1.29 is 19.0 Å². The fourth-order valence-electron chi connectivity index (χ4n) is 1.93. The number of carbonyl (C=O) groups excluding carboxylic acids is 1. The minimum atomic E-state index is -0.349. The summed E-state index contributed by atoms with van der Waals surface area (Å²) in [5, 5.41) is 0. The SMILES string of the molecule is C/C(=C\C(=O)OC(C)C)COc1ccc(Oc2ccccc2)cc1. The predicted octanol–water partition coefficient (Wildman–Crippen LogP) is 4.76. The van der Waals surface area contributed by atoms with Crippen LogP contribution in [0.4, 0.5) is 0 Å². The highest BCUT2D eigenvalue weighted by Crippen LogP contribution is 2.23. The highest BCUT2D eigenvalue weighted by molar-refractivity contribution is 5.82. The van der Waals surface area contributed by atoms with Crippen molar-refractivity contribution in [2.24, 2.45) is 0 Å². The number of carbonyl (C=O) groups is 1. The molecular formula is C20H22O4. The van der Waals surface area contributed by atoms with Crippen LogP contribution in [-0.4, -0.2) is 18.7 Å². The fourth-order valence-corrected chi connectivity index (χ4v) is 1.93. The Labute approximate surface area is 142 Å². The molecule has 0 unspecified atom stereocenters. The molecule has 4 heteroatoms. The molecule has 0 radical (unpaired) electrons. The molecule has 24 heavy (non-hydrogen) atoms. The average Bonchev–Trinajstić information content (AvgIpc) is 2.54. The van der Waals surface area contributed by atoms with Crippen molar-refractivity contribution in [2.75, 3.05) is 6.61 Å². The van der Waals surface area contributed by atoms with Crippen molar-refractivity contribution in [3.05, 3.63) is 66.2 Å². The van der Waals surface area contributed by atoms with Crippen LogP contribution < -0.4 is 9.47 Å². The normalized spacial score (nSPS) is 11.2. The van der Waals surface area contributed by atoms with Gasteiger partial charge in [-0.2, -0.15) is 0 Å². The Morgan fingerprint density at radius 1 is 0.958 bits per heavy atom. The monoisotopic (exact) mass is 326 g/mol. The maximum absolute atomic E-state index is 11.5. The Bertz CT molecular complexity index is 673. The summed E-state index contributed by atoms with van der Waals surface area (Å²) in [5.74, 6) is 1.88. The Balaban J connectivity index is 1.85. The number of hydrogen-bond donors (Lipinski definition) is 0. The second kappa shape index (κ2) is 8.77. The van der Waals surface area contributed by atoms with Crippen molar-refractivity contribution in [1.82, 2.24) is 0 Å². The van der Waals surface area contributed by atoms with Gasteiger partial charge in [-0.05, 0) is 62.7 Å². The number of esters is 1. The standard InChI is InChI=1S/C20H22O4/c1-15(2)23-20(21)13-16(3)14-22-17-9-11-19(12-10-17)24-18-7-5-4-6-8-18/h4-13,15H,14H2,1-3H3/b16-13+. The van der Waals surface area contributed by atoms with Crippen LogP contribution in [0.15, 0.2) is 66.2 Å². The summed E-state index contributed by atoms with van der Waals surface area (Å²) in [6, 6.07) is 16.9. The van der Waals surface area contributed by atoms with E-state index in [1.165, 1.54) is 6.08 Å². The molecule has 2 aromatic rings. The first-order valence-corrected chi connectivity index (χ1v) is 7.86. The second-order valence-electron chi connectivity index (χ2n) is 5.65. The molecule has 0 aliphatic heterocycles. The molecule has 0 N–H and O–H groups in total. The van der Waals surface area contributed by atoms with Crippen molar-refractivity contribution in [3.63, 3.8) is 0 Å². The molecule has 4 nitrogen and oxygen atoms in total. The van der Waals surface area contributed by atoms with Crippen molar-refractivity contribution >= 4 is 5.97 Å². The minimum Gasteiger partial charge on any atom is -0.489 e. The van der Waals surface area contributed by atoms with Gasteiger partial charge in [0.1, 0.15) is 23.9 Å². The number of para-hydroxylation sites is 1. The van der Waals surface area contributed by atoms with E-state index in [0.29, 0.717) is 12.4 Å². The van der Waals surface area contributed by atoms with Crippen LogP contribution in [0.3, 0.4) is 0 Å². The van der Waals surface area contributed by atoms with E-state index in [0.717, 1.165) is 17.1 Å². The molecule has 0 aliphatic rings. The van der Waals surface area contributed by atoms with Crippen LogP contribution in [0, 0.1) is 0 Å². The van der Waals surface area contributed by atoms with Crippen LogP contribution >= 0.6 is 0 Å². The Morgan fingerprint density at radius 3 is 2.17 bits per heavy atom. The highest BCUT2D eigenvalue weighted by Gasteiger charge is 2.03. The van der Waals surface area contributed by atoms with E-state index in [1.807, 2.05) is 75.4 Å². The zero-order chi connectivity index (χ0) is 17.4. The quantitative estimate of drug-likeness (QED) is 0.544. The van der Waals surface area contributed by atoms with E-state index in [1.54, 1.807) is 0 Å². The van der Waals surface area contributed by atoms with Crippen LogP contribution in [0.5, 0.6) is 17.2 Å². The Kier molecular flexibility index (Phi) is 6.43. The molecule has 0 fully saturated rings. The molecule has 0 atom stereocenters. The fraction of sp³-hybridized carbons (Fsp3) is 0.250. The molecule has 2 aromatic carbocycles. The highest BCUT2D eigenvalue weighted by atomic mass is 16.5. The first-order chi connectivity index (χ1) is 11.5. The van der Waals surface area contributed by atoms with E-state index in [-0.39, 0.29) is 12.1 Å². The summed E-state index contributed by atoms with van der Waals surface area (Å²) in [6.45, 7) is 5.79. The molecule has 0 aromatic heterocycles. The molecule has 0 spiro atoms. The summed E-state index contributed by atoms with van der Waals surface area (Å²) in [6.07, 6.45) is 1.33. The zero-order valence-corrected chi connectivity index (χ0v) is 14.2. The third-order valence-electron chi connectivity index (χ3n) is 2.99. The van der Waals surface area contributed by atoms with Gasteiger partial charge in [-0.25, -0.2) is 4.79 Å². The lowest BCUT2D eigenvalue weighted by Gasteiger charge is -2.09. The Hall–Kier alpha value is -2.75. The lowest BCUT2D eigenvalue weighted by molar-refractivity contribution is -0.141. The van der Waals surface area contributed by atoms with Gasteiger partial charge in [-0.1, -0.05) is 18.2 Å². The maximum Gasteiger partial charge on any atom is 0.331 e. The van der Waals surface area contributed by atoms with E-state index in [4.69, 9.17) is 14.2 Å². The summed E-state index contributed by atoms with van der Waals surface area (Å²) in [5.41, 5.74) is 0.797. The average molecular weight is 326 g/mol. The van der Waals surface area contributed by atoms with Crippen LogP contribution in [0.2, 0.25) is 0 Å². The van der Waals surface area contributed by atoms with Gasteiger partial charge in [-0.3, -0.25) is 0 Å².